The van der Waals surface area contributed by atoms with E-state index in [-0.39, 0.29) is 23.1 Å². The molecule has 1 aromatic heterocycles. The van der Waals surface area contributed by atoms with Gasteiger partial charge in [-0.25, -0.2) is 4.39 Å². The Labute approximate surface area is 175 Å². The number of nitrogens with zero attached hydrogens (tertiary/aromatic N) is 2. The fourth-order valence-corrected chi connectivity index (χ4v) is 3.32. The first-order valence-electron chi connectivity index (χ1n) is 8.65. The van der Waals surface area contributed by atoms with Crippen molar-refractivity contribution in [3.8, 4) is 11.5 Å². The topological polar surface area (TPSA) is 84.3 Å². The number of aromatic nitrogens is 2. The zero-order valence-corrected chi connectivity index (χ0v) is 16.9. The molecule has 150 valence electrons. The van der Waals surface area contributed by atoms with Crippen LogP contribution in [0, 0.1) is 5.82 Å². The highest BCUT2D eigenvalue weighted by Gasteiger charge is 2.14. The molecule has 0 bridgehead atoms. The number of benzene rings is 2. The second-order valence-corrected chi connectivity index (χ2v) is 7.26. The Morgan fingerprint density at radius 1 is 1.24 bits per heavy atom. The SMILES string of the molecule is CCOc1cc(C=C(Cl)c2nnc(C(=O)NCc3ccc(F)cc3)s2)ccc1O. The minimum Gasteiger partial charge on any atom is -0.504 e. The van der Waals surface area contributed by atoms with Crippen molar-refractivity contribution in [2.45, 2.75) is 13.5 Å². The van der Waals surface area contributed by atoms with E-state index in [1.54, 1.807) is 30.3 Å². The van der Waals surface area contributed by atoms with Gasteiger partial charge in [0.25, 0.3) is 5.91 Å². The zero-order valence-electron chi connectivity index (χ0n) is 15.4. The third-order valence-electron chi connectivity index (χ3n) is 3.77. The molecule has 0 aliphatic rings. The lowest BCUT2D eigenvalue weighted by atomic mass is 10.2. The van der Waals surface area contributed by atoms with Crippen LogP contribution in [-0.4, -0.2) is 27.8 Å². The average Bonchev–Trinajstić information content (AvgIpc) is 3.20. The summed E-state index contributed by atoms with van der Waals surface area (Å²) in [6, 6.07) is 10.7. The van der Waals surface area contributed by atoms with E-state index in [1.807, 2.05) is 6.92 Å². The number of phenolic OH excluding ortho intramolecular Hbond substituents is 1. The summed E-state index contributed by atoms with van der Waals surface area (Å²) in [4.78, 5) is 12.2. The Morgan fingerprint density at radius 2 is 1.97 bits per heavy atom. The van der Waals surface area contributed by atoms with Gasteiger partial charge in [-0.15, -0.1) is 10.2 Å². The van der Waals surface area contributed by atoms with Crippen LogP contribution >= 0.6 is 22.9 Å². The normalized spacial score (nSPS) is 11.3. The van der Waals surface area contributed by atoms with E-state index in [0.29, 0.717) is 28.0 Å². The monoisotopic (exact) mass is 433 g/mol. The van der Waals surface area contributed by atoms with Gasteiger partial charge in [0, 0.05) is 6.54 Å². The van der Waals surface area contributed by atoms with Crippen molar-refractivity contribution >= 4 is 40.0 Å². The van der Waals surface area contributed by atoms with Gasteiger partial charge < -0.3 is 15.2 Å². The molecule has 3 aromatic rings. The van der Waals surface area contributed by atoms with Crippen LogP contribution < -0.4 is 10.1 Å². The molecule has 0 aliphatic carbocycles. The van der Waals surface area contributed by atoms with Gasteiger partial charge in [0.2, 0.25) is 5.01 Å². The van der Waals surface area contributed by atoms with Gasteiger partial charge in [-0.3, -0.25) is 4.79 Å². The summed E-state index contributed by atoms with van der Waals surface area (Å²) in [5.74, 6) is -0.344. The average molecular weight is 434 g/mol. The smallest absolute Gasteiger partial charge is 0.282 e. The third-order valence-corrected chi connectivity index (χ3v) is 5.12. The maximum atomic E-state index is 12.9. The van der Waals surface area contributed by atoms with Gasteiger partial charge in [-0.05, 0) is 48.4 Å². The summed E-state index contributed by atoms with van der Waals surface area (Å²) in [6.45, 7) is 2.48. The van der Waals surface area contributed by atoms with Crippen LogP contribution in [0.1, 0.15) is 32.9 Å². The molecule has 0 saturated carbocycles. The second kappa shape index (κ2) is 9.49. The molecule has 0 fully saturated rings. The molecule has 0 radical (unpaired) electrons. The van der Waals surface area contributed by atoms with Crippen molar-refractivity contribution in [1.29, 1.82) is 0 Å². The van der Waals surface area contributed by atoms with Crippen molar-refractivity contribution in [3.63, 3.8) is 0 Å². The summed E-state index contributed by atoms with van der Waals surface area (Å²) < 4.78 is 18.3. The molecule has 2 N–H and O–H groups in total. The number of hydrogen-bond donors (Lipinski definition) is 2. The fraction of sp³-hybridized carbons (Fsp3) is 0.150. The van der Waals surface area contributed by atoms with Crippen LogP contribution in [0.25, 0.3) is 11.1 Å². The molecular formula is C20H17ClFN3O3S. The Morgan fingerprint density at radius 3 is 2.69 bits per heavy atom. The van der Waals surface area contributed by atoms with Crippen molar-refractivity contribution in [3.05, 3.63) is 69.4 Å². The minimum atomic E-state index is -0.397. The van der Waals surface area contributed by atoms with E-state index in [0.717, 1.165) is 16.9 Å². The molecular weight excluding hydrogens is 417 g/mol. The number of amides is 1. The van der Waals surface area contributed by atoms with Gasteiger partial charge in [0.1, 0.15) is 5.82 Å². The largest absolute Gasteiger partial charge is 0.504 e. The Kier molecular flexibility index (Phi) is 6.79. The van der Waals surface area contributed by atoms with E-state index in [4.69, 9.17) is 16.3 Å². The molecule has 0 aliphatic heterocycles. The van der Waals surface area contributed by atoms with E-state index in [2.05, 4.69) is 15.5 Å². The molecule has 2 aromatic carbocycles. The van der Waals surface area contributed by atoms with Crippen molar-refractivity contribution < 1.29 is 19.0 Å². The highest BCUT2D eigenvalue weighted by Crippen LogP contribution is 2.30. The number of ether oxygens (including phenoxy) is 1. The van der Waals surface area contributed by atoms with Crippen LogP contribution in [0.3, 0.4) is 0 Å². The summed E-state index contributed by atoms with van der Waals surface area (Å²) >= 11 is 7.36. The molecule has 0 unspecified atom stereocenters. The number of rotatable bonds is 7. The molecule has 0 saturated heterocycles. The summed E-state index contributed by atoms with van der Waals surface area (Å²) in [6.07, 6.45) is 1.64. The standard InChI is InChI=1S/C20H17ClFN3O3S/c1-2-28-17-10-13(5-8-16(17)26)9-15(21)19-24-25-20(29-19)18(27)23-11-12-3-6-14(22)7-4-12/h3-10,26H,2,11H2,1H3,(H,23,27). The Hall–Kier alpha value is -2.97. The van der Waals surface area contributed by atoms with Gasteiger partial charge in [0.05, 0.1) is 11.6 Å². The fourth-order valence-electron chi connectivity index (χ4n) is 2.37. The lowest BCUT2D eigenvalue weighted by Crippen LogP contribution is -2.22. The first-order valence-corrected chi connectivity index (χ1v) is 9.85. The zero-order chi connectivity index (χ0) is 20.8. The molecule has 0 spiro atoms. The second-order valence-electron chi connectivity index (χ2n) is 5.87. The first kappa shape index (κ1) is 20.8. The van der Waals surface area contributed by atoms with Crippen molar-refractivity contribution in [2.24, 2.45) is 0 Å². The number of aromatic hydroxyl groups is 1. The summed E-state index contributed by atoms with van der Waals surface area (Å²) in [5, 5.41) is 21.1. The molecule has 3 rings (SSSR count). The molecule has 1 amide bonds. The molecule has 6 nitrogen and oxygen atoms in total. The van der Waals surface area contributed by atoms with Crippen molar-refractivity contribution in [1.82, 2.24) is 15.5 Å². The van der Waals surface area contributed by atoms with Crippen molar-refractivity contribution in [2.75, 3.05) is 6.61 Å². The number of hydrogen-bond acceptors (Lipinski definition) is 6. The van der Waals surface area contributed by atoms with Crippen LogP contribution in [0.15, 0.2) is 42.5 Å². The third kappa shape index (κ3) is 5.52. The maximum Gasteiger partial charge on any atom is 0.282 e. The van der Waals surface area contributed by atoms with E-state index < -0.39 is 5.91 Å². The van der Waals surface area contributed by atoms with E-state index in [9.17, 15) is 14.3 Å². The molecule has 29 heavy (non-hydrogen) atoms. The number of carbonyl (C=O) groups is 1. The lowest BCUT2D eigenvalue weighted by Gasteiger charge is -2.06. The van der Waals surface area contributed by atoms with Gasteiger partial charge in [-0.1, -0.05) is 41.1 Å². The summed E-state index contributed by atoms with van der Waals surface area (Å²) in [5.41, 5.74) is 1.47. The van der Waals surface area contributed by atoms with E-state index >= 15 is 0 Å². The lowest BCUT2D eigenvalue weighted by molar-refractivity contribution is 0.0950. The predicted molar refractivity (Wildman–Crippen MR) is 110 cm³/mol. The molecule has 0 atom stereocenters. The van der Waals surface area contributed by atoms with Crippen LogP contribution in [0.4, 0.5) is 4.39 Å². The number of nitrogens with one attached hydrogen (secondary N) is 1. The van der Waals surface area contributed by atoms with E-state index in [1.165, 1.54) is 18.2 Å². The quantitative estimate of drug-likeness (QED) is 0.575. The summed E-state index contributed by atoms with van der Waals surface area (Å²) in [7, 11) is 0. The van der Waals surface area contributed by atoms with Gasteiger partial charge in [-0.2, -0.15) is 0 Å². The molecule has 1 heterocycles. The van der Waals surface area contributed by atoms with Crippen LogP contribution in [0.5, 0.6) is 11.5 Å². The predicted octanol–water partition coefficient (Wildman–Crippen LogP) is 4.45. The Bertz CT molecular complexity index is 1040. The first-order chi connectivity index (χ1) is 14.0. The van der Waals surface area contributed by atoms with Crippen LogP contribution in [0.2, 0.25) is 0 Å². The maximum absolute atomic E-state index is 12.9. The number of carbonyl (C=O) groups excluding carboxylic acids is 1. The van der Waals surface area contributed by atoms with Gasteiger partial charge >= 0.3 is 0 Å². The number of phenols is 1. The minimum absolute atomic E-state index is 0.0381. The Balaban J connectivity index is 1.68. The molecule has 9 heteroatoms. The van der Waals surface area contributed by atoms with Crippen LogP contribution in [-0.2, 0) is 6.54 Å². The van der Waals surface area contributed by atoms with Gasteiger partial charge in [0.15, 0.2) is 16.5 Å². The highest BCUT2D eigenvalue weighted by atomic mass is 35.5. The number of halogens is 2. The highest BCUT2D eigenvalue weighted by molar-refractivity contribution is 7.15.